The summed E-state index contributed by atoms with van der Waals surface area (Å²) in [7, 11) is 0. The Balaban J connectivity index is 1.33. The van der Waals surface area contributed by atoms with Gasteiger partial charge in [-0.15, -0.1) is 0 Å². The van der Waals surface area contributed by atoms with Crippen molar-refractivity contribution in [1.82, 2.24) is 29.9 Å². The summed E-state index contributed by atoms with van der Waals surface area (Å²) in [6.45, 7) is 3.60. The molecule has 0 spiro atoms. The number of aromatic amines is 1. The molecule has 2 aliphatic carbocycles. The molecule has 2 aliphatic rings. The second-order valence-corrected chi connectivity index (χ2v) is 10.6. The molecule has 13 heteroatoms. The van der Waals surface area contributed by atoms with Crippen LogP contribution in [0.1, 0.15) is 67.2 Å². The Morgan fingerprint density at radius 2 is 1.85 bits per heavy atom. The summed E-state index contributed by atoms with van der Waals surface area (Å²) in [4.78, 5) is 41.0. The maximum atomic E-state index is 13.6. The third-order valence-corrected chi connectivity index (χ3v) is 7.22. The van der Waals surface area contributed by atoms with Gasteiger partial charge >= 0.3 is 6.18 Å². The summed E-state index contributed by atoms with van der Waals surface area (Å²) in [6.07, 6.45) is 4.40. The zero-order chi connectivity index (χ0) is 27.9. The molecule has 0 radical (unpaired) electrons. The van der Waals surface area contributed by atoms with Crippen LogP contribution in [-0.2, 0) is 17.5 Å². The lowest BCUT2D eigenvalue weighted by molar-refractivity contribution is -0.137. The number of hydrogen-bond acceptors (Lipinski definition) is 5. The van der Waals surface area contributed by atoms with E-state index in [1.165, 1.54) is 17.1 Å². The second-order valence-electron chi connectivity index (χ2n) is 10.6. The van der Waals surface area contributed by atoms with E-state index in [-0.39, 0.29) is 35.9 Å². The highest BCUT2D eigenvalue weighted by Gasteiger charge is 2.48. The van der Waals surface area contributed by atoms with E-state index in [2.05, 4.69) is 25.8 Å². The van der Waals surface area contributed by atoms with Crippen molar-refractivity contribution >= 4 is 17.5 Å². The summed E-state index contributed by atoms with van der Waals surface area (Å²) in [5.74, 6) is -0.0488. The smallest absolute Gasteiger partial charge is 0.339 e. The number of hydrogen-bond donors (Lipinski definition) is 3. The minimum absolute atomic E-state index is 0.00285. The Kier molecular flexibility index (Phi) is 7.08. The van der Waals surface area contributed by atoms with Crippen LogP contribution in [0.4, 0.5) is 18.9 Å². The first-order valence-electron chi connectivity index (χ1n) is 13.0. The molecule has 39 heavy (non-hydrogen) atoms. The van der Waals surface area contributed by atoms with E-state index < -0.39 is 23.3 Å². The fourth-order valence-electron chi connectivity index (χ4n) is 5.07. The molecule has 3 aromatic rings. The van der Waals surface area contributed by atoms with Gasteiger partial charge in [0.05, 0.1) is 24.0 Å². The molecule has 208 valence electrons. The zero-order valence-corrected chi connectivity index (χ0v) is 21.5. The van der Waals surface area contributed by atoms with E-state index in [0.717, 1.165) is 31.7 Å². The van der Waals surface area contributed by atoms with Gasteiger partial charge in [-0.1, -0.05) is 0 Å². The van der Waals surface area contributed by atoms with Crippen LogP contribution in [0.2, 0.25) is 0 Å². The van der Waals surface area contributed by atoms with Crippen LogP contribution in [0.5, 0.6) is 0 Å². The fraction of sp³-hybridized carbons (Fsp3) is 0.500. The lowest BCUT2D eigenvalue weighted by atomic mass is 9.88. The van der Waals surface area contributed by atoms with Crippen LogP contribution in [0.15, 0.2) is 41.7 Å². The molecule has 10 nitrogen and oxygen atoms in total. The van der Waals surface area contributed by atoms with Gasteiger partial charge in [0.1, 0.15) is 11.7 Å². The van der Waals surface area contributed by atoms with Gasteiger partial charge in [-0.05, 0) is 69.4 Å². The molecule has 1 unspecified atom stereocenters. The number of carbonyl (C=O) groups excluding carboxylic acids is 2. The van der Waals surface area contributed by atoms with Crippen molar-refractivity contribution in [2.75, 3.05) is 5.32 Å². The number of aromatic nitrogens is 5. The molecular formula is C26H30F3N7O3. The quantitative estimate of drug-likeness (QED) is 0.359. The number of H-pyrrole nitrogens is 1. The number of alkyl halides is 3. The zero-order valence-electron chi connectivity index (χ0n) is 21.5. The minimum Gasteiger partial charge on any atom is -0.339 e. The molecule has 2 fully saturated rings. The van der Waals surface area contributed by atoms with E-state index in [9.17, 15) is 27.6 Å². The summed E-state index contributed by atoms with van der Waals surface area (Å²) < 4.78 is 42.1. The average molecular weight is 546 g/mol. The number of nitrogens with zero attached hydrogens (tertiary/aromatic N) is 4. The van der Waals surface area contributed by atoms with Crippen molar-refractivity contribution in [1.29, 1.82) is 0 Å². The number of nitrogens with one attached hydrogen (secondary N) is 3. The maximum absolute atomic E-state index is 13.6. The molecule has 0 saturated heterocycles. The molecule has 2 amide bonds. The second kappa shape index (κ2) is 10.3. The standard InChI is InChI=1S/C26H30F3N7O3/c1-14(2)36-20(7-8-31-36)24(38)34-22(21(15-3-4-15)16-5-6-16)25(39)33-19-11-32-35(13-19)12-17-9-18(26(27,28)29)10-30-23(17)37/h7-11,13-16,21-22H,3-6,12H2,1-2H3,(H,30,37)(H,33,39)(H,34,38). The highest BCUT2D eigenvalue weighted by Crippen LogP contribution is 2.51. The van der Waals surface area contributed by atoms with Crippen molar-refractivity contribution in [3.05, 3.63) is 64.1 Å². The van der Waals surface area contributed by atoms with Crippen molar-refractivity contribution in [3.8, 4) is 0 Å². The normalized spacial score (nSPS) is 16.5. The molecule has 3 heterocycles. The predicted octanol–water partition coefficient (Wildman–Crippen LogP) is 3.59. The molecule has 5 rings (SSSR count). The molecular weight excluding hydrogens is 515 g/mol. The van der Waals surface area contributed by atoms with E-state index >= 15 is 0 Å². The van der Waals surface area contributed by atoms with Crippen LogP contribution in [-0.4, -0.2) is 42.4 Å². The third kappa shape index (κ3) is 6.07. The third-order valence-electron chi connectivity index (χ3n) is 7.22. The predicted molar refractivity (Wildman–Crippen MR) is 135 cm³/mol. The topological polar surface area (TPSA) is 127 Å². The highest BCUT2D eigenvalue weighted by atomic mass is 19.4. The van der Waals surface area contributed by atoms with Crippen LogP contribution >= 0.6 is 0 Å². The molecule has 2 saturated carbocycles. The van der Waals surface area contributed by atoms with Gasteiger partial charge in [0.2, 0.25) is 5.91 Å². The Hall–Kier alpha value is -3.90. The van der Waals surface area contributed by atoms with Gasteiger partial charge < -0.3 is 15.6 Å². The van der Waals surface area contributed by atoms with E-state index in [1.807, 2.05) is 13.8 Å². The first-order chi connectivity index (χ1) is 18.5. The van der Waals surface area contributed by atoms with Gasteiger partial charge in [-0.3, -0.25) is 23.7 Å². The first kappa shape index (κ1) is 26.7. The largest absolute Gasteiger partial charge is 0.417 e. The number of pyridine rings is 1. The molecule has 0 bridgehead atoms. The number of amides is 2. The summed E-state index contributed by atoms with van der Waals surface area (Å²) >= 11 is 0. The summed E-state index contributed by atoms with van der Waals surface area (Å²) in [5.41, 5.74) is -1.08. The average Bonchev–Trinajstić information content (AvgIpc) is 3.79. The fourth-order valence-corrected chi connectivity index (χ4v) is 5.07. The van der Waals surface area contributed by atoms with Crippen LogP contribution in [0.25, 0.3) is 0 Å². The first-order valence-corrected chi connectivity index (χ1v) is 13.0. The maximum Gasteiger partial charge on any atom is 0.417 e. The lowest BCUT2D eigenvalue weighted by Gasteiger charge is -2.27. The van der Waals surface area contributed by atoms with Crippen LogP contribution in [0.3, 0.4) is 0 Å². The van der Waals surface area contributed by atoms with Crippen molar-refractivity contribution in [2.45, 2.75) is 64.3 Å². The Morgan fingerprint density at radius 3 is 2.46 bits per heavy atom. The summed E-state index contributed by atoms with van der Waals surface area (Å²) in [5, 5.41) is 14.1. The van der Waals surface area contributed by atoms with Crippen LogP contribution in [0, 0.1) is 17.8 Å². The Bertz CT molecular complexity index is 1400. The van der Waals surface area contributed by atoms with Gasteiger partial charge in [0.15, 0.2) is 0 Å². The van der Waals surface area contributed by atoms with Crippen LogP contribution < -0.4 is 16.2 Å². The Labute approximate surface area is 222 Å². The van der Waals surface area contributed by atoms with E-state index in [1.54, 1.807) is 16.9 Å². The SMILES string of the molecule is CC(C)n1nccc1C(=O)NC(C(=O)Nc1cnn(Cc2cc(C(F)(F)F)c[nH]c2=O)c1)C(C1CC1)C1CC1. The number of halogens is 3. The van der Waals surface area contributed by atoms with Gasteiger partial charge in [0, 0.05) is 30.2 Å². The van der Waals surface area contributed by atoms with Gasteiger partial charge in [-0.25, -0.2) is 0 Å². The molecule has 3 N–H and O–H groups in total. The lowest BCUT2D eigenvalue weighted by Crippen LogP contribution is -2.50. The highest BCUT2D eigenvalue weighted by molar-refractivity contribution is 6.00. The number of anilines is 1. The number of rotatable bonds is 10. The molecule has 0 aromatic carbocycles. The number of carbonyl (C=O) groups is 2. The minimum atomic E-state index is -4.60. The van der Waals surface area contributed by atoms with Gasteiger partial charge in [0.25, 0.3) is 11.5 Å². The molecule has 3 aromatic heterocycles. The van der Waals surface area contributed by atoms with Crippen molar-refractivity contribution in [2.24, 2.45) is 17.8 Å². The van der Waals surface area contributed by atoms with Crippen molar-refractivity contribution in [3.63, 3.8) is 0 Å². The van der Waals surface area contributed by atoms with Crippen molar-refractivity contribution < 1.29 is 22.8 Å². The monoisotopic (exact) mass is 545 g/mol. The molecule has 1 atom stereocenters. The molecule has 0 aliphatic heterocycles. The van der Waals surface area contributed by atoms with E-state index in [0.29, 0.717) is 29.4 Å². The van der Waals surface area contributed by atoms with Gasteiger partial charge in [-0.2, -0.15) is 23.4 Å². The van der Waals surface area contributed by atoms with E-state index in [4.69, 9.17) is 0 Å². The summed E-state index contributed by atoms with van der Waals surface area (Å²) in [6, 6.07) is 1.59. The Morgan fingerprint density at radius 1 is 1.15 bits per heavy atom.